The van der Waals surface area contributed by atoms with Crippen molar-refractivity contribution in [1.29, 1.82) is 0 Å². The molecule has 3 fully saturated rings. The first-order chi connectivity index (χ1) is 13.5. The maximum atomic E-state index is 11.9. The largest absolute Gasteiger partial charge is 0.462 e. The predicted octanol–water partition coefficient (Wildman–Crippen LogP) is 5.20. The zero-order chi connectivity index (χ0) is 19.9. The molecule has 0 aliphatic heterocycles. The van der Waals surface area contributed by atoms with Crippen LogP contribution in [-0.4, -0.2) is 24.1 Å². The highest BCUT2D eigenvalue weighted by molar-refractivity contribution is 5.69. The topological polar surface area (TPSA) is 52.6 Å². The first kappa shape index (κ1) is 20.0. The van der Waals surface area contributed by atoms with E-state index in [0.29, 0.717) is 24.7 Å². The average molecular weight is 389 g/mol. The van der Waals surface area contributed by atoms with E-state index in [1.807, 2.05) is 13.8 Å². The van der Waals surface area contributed by atoms with Gasteiger partial charge < -0.3 is 9.47 Å². The van der Waals surface area contributed by atoms with Crippen LogP contribution < -0.4 is 0 Å². The zero-order valence-corrected chi connectivity index (χ0v) is 17.7. The van der Waals surface area contributed by atoms with E-state index >= 15 is 0 Å². The summed E-state index contributed by atoms with van der Waals surface area (Å²) in [6.07, 6.45) is 12.5. The lowest BCUT2D eigenvalue weighted by Crippen LogP contribution is -2.48. The molecule has 4 aliphatic rings. The maximum absolute atomic E-state index is 11.9. The number of hydrogen-bond donors (Lipinski definition) is 0. The number of hydrogen-bond acceptors (Lipinski definition) is 4. The summed E-state index contributed by atoms with van der Waals surface area (Å²) in [4.78, 5) is 23.6. The summed E-state index contributed by atoms with van der Waals surface area (Å²) < 4.78 is 11.5. The fraction of sp³-hybridized carbons (Fsp3) is 0.833. The standard InChI is InChI=1S/C24H36O4/c1-4-22(25)27-16-7-9-17-15(14-16)6-8-19-18(17)12-13-24(3)20(19)10-11-21(24)28-23(26)5-2/h14,16-21H,4-13H2,1-3H3/t16-,17?,18+,19?,20-,21-,24-/m0/s1. The molecule has 4 heteroatoms. The van der Waals surface area contributed by atoms with Crippen molar-refractivity contribution < 1.29 is 19.1 Å². The van der Waals surface area contributed by atoms with Gasteiger partial charge in [-0.05, 0) is 81.1 Å². The molecule has 156 valence electrons. The Labute approximate surface area is 169 Å². The lowest BCUT2D eigenvalue weighted by Gasteiger charge is -2.53. The summed E-state index contributed by atoms with van der Waals surface area (Å²) in [7, 11) is 0. The number of carbonyl (C=O) groups excluding carboxylic acids is 2. The summed E-state index contributed by atoms with van der Waals surface area (Å²) in [5.41, 5.74) is 1.72. The summed E-state index contributed by atoms with van der Waals surface area (Å²) in [5.74, 6) is 2.78. The number of ether oxygens (including phenoxy) is 2. The van der Waals surface area contributed by atoms with Gasteiger partial charge in [-0.25, -0.2) is 0 Å². The molecule has 4 aliphatic carbocycles. The Morgan fingerprint density at radius 1 is 0.964 bits per heavy atom. The zero-order valence-electron chi connectivity index (χ0n) is 17.7. The van der Waals surface area contributed by atoms with Gasteiger partial charge in [0.15, 0.2) is 0 Å². The van der Waals surface area contributed by atoms with Crippen LogP contribution in [0.3, 0.4) is 0 Å². The van der Waals surface area contributed by atoms with Gasteiger partial charge in [-0.2, -0.15) is 0 Å². The smallest absolute Gasteiger partial charge is 0.306 e. The van der Waals surface area contributed by atoms with Crippen LogP contribution in [0, 0.1) is 29.1 Å². The highest BCUT2D eigenvalue weighted by Gasteiger charge is 2.57. The van der Waals surface area contributed by atoms with E-state index in [1.165, 1.54) is 25.7 Å². The van der Waals surface area contributed by atoms with E-state index < -0.39 is 0 Å². The fourth-order valence-electron chi connectivity index (χ4n) is 7.03. The van der Waals surface area contributed by atoms with Crippen molar-refractivity contribution >= 4 is 11.9 Å². The lowest BCUT2D eigenvalue weighted by molar-refractivity contribution is -0.158. The van der Waals surface area contributed by atoms with Gasteiger partial charge in [0, 0.05) is 18.3 Å². The molecule has 0 heterocycles. The molecule has 0 aromatic heterocycles. The quantitative estimate of drug-likeness (QED) is 0.490. The van der Waals surface area contributed by atoms with Crippen molar-refractivity contribution in [1.82, 2.24) is 0 Å². The van der Waals surface area contributed by atoms with E-state index in [2.05, 4.69) is 13.0 Å². The van der Waals surface area contributed by atoms with E-state index in [0.717, 1.165) is 37.5 Å². The Kier molecular flexibility index (Phi) is 5.59. The van der Waals surface area contributed by atoms with Gasteiger partial charge in [0.25, 0.3) is 0 Å². The van der Waals surface area contributed by atoms with E-state index in [9.17, 15) is 9.59 Å². The number of rotatable bonds is 4. The summed E-state index contributed by atoms with van der Waals surface area (Å²) in [5, 5.41) is 0. The number of carbonyl (C=O) groups is 2. The molecular weight excluding hydrogens is 352 g/mol. The van der Waals surface area contributed by atoms with Crippen molar-refractivity contribution in [3.8, 4) is 0 Å². The molecule has 0 bridgehead atoms. The minimum Gasteiger partial charge on any atom is -0.462 e. The molecule has 0 aromatic carbocycles. The van der Waals surface area contributed by atoms with Crippen molar-refractivity contribution in [3.05, 3.63) is 11.6 Å². The van der Waals surface area contributed by atoms with Crippen LogP contribution in [0.2, 0.25) is 0 Å². The first-order valence-corrected chi connectivity index (χ1v) is 11.6. The molecular formula is C24H36O4. The summed E-state index contributed by atoms with van der Waals surface area (Å²) in [6, 6.07) is 0. The van der Waals surface area contributed by atoms with E-state index in [4.69, 9.17) is 9.47 Å². The third kappa shape index (κ3) is 3.41. The minimum absolute atomic E-state index is 0.00609. The third-order valence-corrected chi connectivity index (χ3v) is 8.46. The normalized spacial score (nSPS) is 41.9. The van der Waals surface area contributed by atoms with Crippen molar-refractivity contribution in [2.75, 3.05) is 0 Å². The molecule has 4 rings (SSSR count). The molecule has 0 saturated heterocycles. The molecule has 0 radical (unpaired) electrons. The summed E-state index contributed by atoms with van der Waals surface area (Å²) in [6.45, 7) is 6.13. The van der Waals surface area contributed by atoms with E-state index in [-0.39, 0.29) is 29.6 Å². The number of fused-ring (bicyclic) bond motifs is 5. The maximum Gasteiger partial charge on any atom is 0.306 e. The van der Waals surface area contributed by atoms with Crippen LogP contribution in [0.4, 0.5) is 0 Å². The second-order valence-electron chi connectivity index (χ2n) is 9.73. The Hall–Kier alpha value is -1.32. The highest BCUT2D eigenvalue weighted by Crippen LogP contribution is 2.62. The van der Waals surface area contributed by atoms with Crippen molar-refractivity contribution in [2.45, 2.75) is 97.2 Å². The molecule has 7 atom stereocenters. The molecule has 0 amide bonds. The van der Waals surface area contributed by atoms with E-state index in [1.54, 1.807) is 5.57 Å². The Morgan fingerprint density at radius 2 is 1.71 bits per heavy atom. The van der Waals surface area contributed by atoms with Gasteiger partial charge in [0.2, 0.25) is 0 Å². The lowest BCUT2D eigenvalue weighted by atomic mass is 9.52. The van der Waals surface area contributed by atoms with Gasteiger partial charge >= 0.3 is 11.9 Å². The molecule has 3 saturated carbocycles. The molecule has 4 nitrogen and oxygen atoms in total. The summed E-state index contributed by atoms with van der Waals surface area (Å²) >= 11 is 0. The Bertz CT molecular complexity index is 653. The second kappa shape index (κ2) is 7.84. The van der Waals surface area contributed by atoms with Crippen molar-refractivity contribution in [3.63, 3.8) is 0 Å². The Morgan fingerprint density at radius 3 is 2.46 bits per heavy atom. The van der Waals surface area contributed by atoms with Gasteiger partial charge in [-0.1, -0.05) is 26.3 Å². The molecule has 28 heavy (non-hydrogen) atoms. The molecule has 0 N–H and O–H groups in total. The van der Waals surface area contributed by atoms with Crippen LogP contribution in [0.15, 0.2) is 11.6 Å². The SMILES string of the molecule is CCC(=O)O[C@@H]1C=C2CCC3[C@H](CC[C@]4(C)[C@@H](OC(=O)CC)CC[C@@H]34)C2CC1. The third-order valence-electron chi connectivity index (χ3n) is 8.46. The van der Waals surface area contributed by atoms with Gasteiger partial charge in [0.05, 0.1) is 0 Å². The van der Waals surface area contributed by atoms with Gasteiger partial charge in [-0.3, -0.25) is 9.59 Å². The fourth-order valence-corrected chi connectivity index (χ4v) is 7.03. The van der Waals surface area contributed by atoms with Crippen LogP contribution in [0.1, 0.15) is 85.0 Å². The monoisotopic (exact) mass is 388 g/mol. The minimum atomic E-state index is -0.0824. The van der Waals surface area contributed by atoms with Gasteiger partial charge in [-0.15, -0.1) is 0 Å². The number of esters is 2. The van der Waals surface area contributed by atoms with Crippen LogP contribution >= 0.6 is 0 Å². The van der Waals surface area contributed by atoms with Crippen LogP contribution in [0.25, 0.3) is 0 Å². The second-order valence-corrected chi connectivity index (χ2v) is 9.73. The number of allylic oxidation sites excluding steroid dienone is 1. The molecule has 0 aromatic rings. The average Bonchev–Trinajstić information content (AvgIpc) is 3.03. The van der Waals surface area contributed by atoms with Crippen LogP contribution in [0.5, 0.6) is 0 Å². The molecule has 2 unspecified atom stereocenters. The molecule has 0 spiro atoms. The predicted molar refractivity (Wildman–Crippen MR) is 107 cm³/mol. The first-order valence-electron chi connectivity index (χ1n) is 11.6. The van der Waals surface area contributed by atoms with Crippen molar-refractivity contribution in [2.24, 2.45) is 29.1 Å². The Balaban J connectivity index is 1.47. The van der Waals surface area contributed by atoms with Crippen LogP contribution in [-0.2, 0) is 19.1 Å². The highest BCUT2D eigenvalue weighted by atomic mass is 16.5. The van der Waals surface area contributed by atoms with Gasteiger partial charge in [0.1, 0.15) is 12.2 Å².